The van der Waals surface area contributed by atoms with E-state index in [2.05, 4.69) is 31.0 Å². The van der Waals surface area contributed by atoms with Crippen LogP contribution in [0, 0.1) is 0 Å². The summed E-state index contributed by atoms with van der Waals surface area (Å²) < 4.78 is 2.60. The molecule has 0 aliphatic heterocycles. The molecule has 0 unspecified atom stereocenters. The second kappa shape index (κ2) is 5.75. The topological polar surface area (TPSA) is 43.6 Å². The molecule has 1 aromatic carbocycles. The maximum atomic E-state index is 6.29. The summed E-state index contributed by atoms with van der Waals surface area (Å²) in [5.41, 5.74) is 2.09. The molecule has 3 aromatic rings. The molecule has 0 fully saturated rings. The Morgan fingerprint density at radius 2 is 1.81 bits per heavy atom. The van der Waals surface area contributed by atoms with Crippen molar-refractivity contribution in [3.63, 3.8) is 0 Å². The summed E-state index contributed by atoms with van der Waals surface area (Å²) in [5, 5.41) is 4.85. The lowest BCUT2D eigenvalue weighted by Crippen LogP contribution is -1.96. The van der Waals surface area contributed by atoms with Gasteiger partial charge < -0.3 is 0 Å². The maximum Gasteiger partial charge on any atom is 0.182 e. The van der Waals surface area contributed by atoms with Crippen molar-refractivity contribution in [3.8, 4) is 22.6 Å². The fraction of sp³-hybridized carbons (Fsp3) is 0.0714. The molecule has 0 radical (unpaired) electrons. The van der Waals surface area contributed by atoms with E-state index in [0.717, 1.165) is 10.0 Å². The zero-order valence-corrected chi connectivity index (χ0v) is 14.0. The monoisotopic (exact) mass is 382 g/mol. The summed E-state index contributed by atoms with van der Waals surface area (Å²) in [4.78, 5) is 8.60. The molecule has 4 nitrogen and oxygen atoms in total. The van der Waals surface area contributed by atoms with Crippen molar-refractivity contribution in [2.45, 2.75) is 0 Å². The summed E-state index contributed by atoms with van der Waals surface area (Å²) in [7, 11) is 1.82. The molecule has 0 saturated carbocycles. The van der Waals surface area contributed by atoms with Crippen LogP contribution in [-0.4, -0.2) is 19.7 Å². The number of halogens is 3. The Hall–Kier alpha value is -1.43. The van der Waals surface area contributed by atoms with Crippen LogP contribution in [0.5, 0.6) is 0 Å². The van der Waals surface area contributed by atoms with Gasteiger partial charge in [0.05, 0.1) is 5.56 Å². The average Bonchev–Trinajstić information content (AvgIpc) is 2.85. The predicted octanol–water partition coefficient (Wildman–Crippen LogP) is 4.61. The lowest BCUT2D eigenvalue weighted by Gasteiger charge is -2.08. The number of aromatic nitrogens is 4. The maximum absolute atomic E-state index is 6.29. The van der Waals surface area contributed by atoms with Crippen molar-refractivity contribution >= 4 is 39.1 Å². The molecule has 2 aromatic heterocycles. The van der Waals surface area contributed by atoms with E-state index in [0.29, 0.717) is 27.4 Å². The number of aryl methyl sites for hydroxylation is 1. The fourth-order valence-electron chi connectivity index (χ4n) is 1.94. The Morgan fingerprint density at radius 3 is 2.38 bits per heavy atom. The highest BCUT2D eigenvalue weighted by molar-refractivity contribution is 9.10. The highest BCUT2D eigenvalue weighted by Gasteiger charge is 2.16. The predicted molar refractivity (Wildman–Crippen MR) is 87.4 cm³/mol. The summed E-state index contributed by atoms with van der Waals surface area (Å²) in [6.07, 6.45) is 1.81. The van der Waals surface area contributed by atoms with E-state index in [4.69, 9.17) is 23.2 Å². The smallest absolute Gasteiger partial charge is 0.182 e. The lowest BCUT2D eigenvalue weighted by atomic mass is 10.1. The summed E-state index contributed by atoms with van der Waals surface area (Å²) in [6.45, 7) is 0. The number of hydrogen-bond acceptors (Lipinski definition) is 3. The Labute approximate surface area is 139 Å². The minimum atomic E-state index is 0.300. The Kier molecular flexibility index (Phi) is 3.97. The standard InChI is InChI=1S/C14H9BrCl2N4/c1-21-6-5-10(20-21)14-18-12(16)11(13(17)19-14)8-3-2-4-9(15)7-8/h2-7H,1H3. The molecule has 0 spiro atoms. The first-order valence-electron chi connectivity index (χ1n) is 6.03. The molecular weight excluding hydrogens is 375 g/mol. The quantitative estimate of drug-likeness (QED) is 0.606. The van der Waals surface area contributed by atoms with Gasteiger partial charge in [0, 0.05) is 17.7 Å². The van der Waals surface area contributed by atoms with Crippen LogP contribution < -0.4 is 0 Å². The van der Waals surface area contributed by atoms with Crippen LogP contribution in [0.2, 0.25) is 10.3 Å². The van der Waals surface area contributed by atoms with Crippen LogP contribution in [0.3, 0.4) is 0 Å². The molecule has 0 amide bonds. The van der Waals surface area contributed by atoms with Gasteiger partial charge in [-0.1, -0.05) is 51.3 Å². The van der Waals surface area contributed by atoms with Gasteiger partial charge in [0.2, 0.25) is 0 Å². The van der Waals surface area contributed by atoms with E-state index in [-0.39, 0.29) is 0 Å². The third-order valence-electron chi connectivity index (χ3n) is 2.88. The van der Waals surface area contributed by atoms with Gasteiger partial charge >= 0.3 is 0 Å². The minimum absolute atomic E-state index is 0.300. The largest absolute Gasteiger partial charge is 0.275 e. The van der Waals surface area contributed by atoms with E-state index in [9.17, 15) is 0 Å². The second-order valence-electron chi connectivity index (χ2n) is 4.39. The van der Waals surface area contributed by atoms with E-state index in [1.807, 2.05) is 37.5 Å². The first-order valence-corrected chi connectivity index (χ1v) is 7.58. The number of rotatable bonds is 2. The second-order valence-corrected chi connectivity index (χ2v) is 6.02. The lowest BCUT2D eigenvalue weighted by molar-refractivity contribution is 0.768. The van der Waals surface area contributed by atoms with Crippen molar-refractivity contribution in [1.82, 2.24) is 19.7 Å². The van der Waals surface area contributed by atoms with Crippen LogP contribution in [0.4, 0.5) is 0 Å². The molecule has 21 heavy (non-hydrogen) atoms. The fourth-order valence-corrected chi connectivity index (χ4v) is 2.94. The number of benzene rings is 1. The minimum Gasteiger partial charge on any atom is -0.275 e. The zero-order valence-electron chi connectivity index (χ0n) is 10.9. The Morgan fingerprint density at radius 1 is 1.10 bits per heavy atom. The third-order valence-corrected chi connectivity index (χ3v) is 3.92. The van der Waals surface area contributed by atoms with Gasteiger partial charge in [-0.25, -0.2) is 9.97 Å². The molecule has 2 heterocycles. The van der Waals surface area contributed by atoms with E-state index >= 15 is 0 Å². The van der Waals surface area contributed by atoms with Gasteiger partial charge in [0.25, 0.3) is 0 Å². The molecule has 0 N–H and O–H groups in total. The summed E-state index contributed by atoms with van der Waals surface area (Å²) >= 11 is 16.0. The summed E-state index contributed by atoms with van der Waals surface area (Å²) in [6, 6.07) is 9.45. The SMILES string of the molecule is Cn1ccc(-c2nc(Cl)c(-c3cccc(Br)c3)c(Cl)n2)n1. The molecular formula is C14H9BrCl2N4. The van der Waals surface area contributed by atoms with Gasteiger partial charge in [-0.15, -0.1) is 0 Å². The first kappa shape index (κ1) is 14.5. The van der Waals surface area contributed by atoms with E-state index in [1.165, 1.54) is 0 Å². The van der Waals surface area contributed by atoms with Crippen LogP contribution in [0.15, 0.2) is 41.0 Å². The highest BCUT2D eigenvalue weighted by Crippen LogP contribution is 2.34. The molecule has 0 saturated heterocycles. The van der Waals surface area contributed by atoms with Crippen LogP contribution in [0.1, 0.15) is 0 Å². The molecule has 0 aliphatic carbocycles. The third kappa shape index (κ3) is 2.95. The molecule has 0 bridgehead atoms. The van der Waals surface area contributed by atoms with Crippen LogP contribution >= 0.6 is 39.1 Å². The van der Waals surface area contributed by atoms with Gasteiger partial charge in [-0.05, 0) is 23.8 Å². The molecule has 0 aliphatic rings. The van der Waals surface area contributed by atoms with Crippen molar-refractivity contribution in [2.75, 3.05) is 0 Å². The van der Waals surface area contributed by atoms with Crippen molar-refractivity contribution in [1.29, 1.82) is 0 Å². The average molecular weight is 384 g/mol. The first-order chi connectivity index (χ1) is 10.0. The van der Waals surface area contributed by atoms with Gasteiger partial charge in [0.1, 0.15) is 16.0 Å². The molecule has 106 valence electrons. The van der Waals surface area contributed by atoms with E-state index in [1.54, 1.807) is 10.7 Å². The Bertz CT molecular complexity index is 793. The van der Waals surface area contributed by atoms with Gasteiger partial charge in [-0.2, -0.15) is 5.10 Å². The van der Waals surface area contributed by atoms with Gasteiger partial charge in [0.15, 0.2) is 5.82 Å². The molecule has 0 atom stereocenters. The molecule has 7 heteroatoms. The Balaban J connectivity index is 2.12. The van der Waals surface area contributed by atoms with E-state index < -0.39 is 0 Å². The summed E-state index contributed by atoms with van der Waals surface area (Å²) in [5.74, 6) is 0.407. The zero-order chi connectivity index (χ0) is 15.0. The normalized spacial score (nSPS) is 10.9. The number of nitrogens with zero attached hydrogens (tertiary/aromatic N) is 4. The van der Waals surface area contributed by atoms with Gasteiger partial charge in [-0.3, -0.25) is 4.68 Å². The van der Waals surface area contributed by atoms with Crippen LogP contribution in [-0.2, 0) is 7.05 Å². The number of hydrogen-bond donors (Lipinski definition) is 0. The van der Waals surface area contributed by atoms with Crippen molar-refractivity contribution < 1.29 is 0 Å². The van der Waals surface area contributed by atoms with Crippen LogP contribution in [0.25, 0.3) is 22.6 Å². The van der Waals surface area contributed by atoms with Crippen molar-refractivity contribution in [3.05, 3.63) is 51.3 Å². The van der Waals surface area contributed by atoms with Crippen molar-refractivity contribution in [2.24, 2.45) is 7.05 Å². The highest BCUT2D eigenvalue weighted by atomic mass is 79.9. The molecule has 3 rings (SSSR count).